The molecule has 0 saturated carbocycles. The smallest absolute Gasteiger partial charge is 0.228 e. The van der Waals surface area contributed by atoms with E-state index in [2.05, 4.69) is 34.5 Å². The van der Waals surface area contributed by atoms with Gasteiger partial charge in [0.15, 0.2) is 0 Å². The number of amides is 1. The van der Waals surface area contributed by atoms with E-state index in [0.717, 1.165) is 36.4 Å². The first-order valence-electron chi connectivity index (χ1n) is 8.56. The van der Waals surface area contributed by atoms with Crippen LogP contribution in [0, 0.1) is 0 Å². The topological polar surface area (TPSA) is 58.4 Å². The molecule has 0 radical (unpaired) electrons. The molecule has 2 aromatic rings. The molecule has 0 bridgehead atoms. The van der Waals surface area contributed by atoms with Crippen LogP contribution < -0.4 is 11.1 Å². The number of thiophene rings is 1. The lowest BCUT2D eigenvalue weighted by Gasteiger charge is -2.35. The van der Waals surface area contributed by atoms with Gasteiger partial charge in [-0.05, 0) is 48.5 Å². The van der Waals surface area contributed by atoms with Crippen LogP contribution >= 0.6 is 11.3 Å². The number of nitrogens with zero attached hydrogens (tertiary/aromatic N) is 1. The maximum absolute atomic E-state index is 12.9. The summed E-state index contributed by atoms with van der Waals surface area (Å²) < 4.78 is 0. The van der Waals surface area contributed by atoms with Crippen molar-refractivity contribution in [2.45, 2.75) is 38.4 Å². The highest BCUT2D eigenvalue weighted by Crippen LogP contribution is 2.19. The molecular formula is C19H25N3OS. The lowest BCUT2D eigenvalue weighted by molar-refractivity contribution is -0.134. The third kappa shape index (κ3) is 4.44. The Labute approximate surface area is 147 Å². The molecule has 0 unspecified atom stereocenters. The van der Waals surface area contributed by atoms with E-state index in [1.54, 1.807) is 11.3 Å². The minimum Gasteiger partial charge on any atom is -0.335 e. The van der Waals surface area contributed by atoms with Crippen LogP contribution in [0.4, 0.5) is 0 Å². The highest BCUT2D eigenvalue weighted by molar-refractivity contribution is 7.10. The first kappa shape index (κ1) is 17.1. The van der Waals surface area contributed by atoms with Crippen LogP contribution in [0.5, 0.6) is 0 Å². The van der Waals surface area contributed by atoms with Gasteiger partial charge < -0.3 is 16.0 Å². The van der Waals surface area contributed by atoms with Crippen LogP contribution in [0.1, 0.15) is 28.8 Å². The minimum atomic E-state index is 0.229. The van der Waals surface area contributed by atoms with Gasteiger partial charge in [0, 0.05) is 24.0 Å². The molecule has 1 aliphatic rings. The third-order valence-electron chi connectivity index (χ3n) is 4.59. The van der Waals surface area contributed by atoms with Gasteiger partial charge in [0.25, 0.3) is 0 Å². The molecule has 24 heavy (non-hydrogen) atoms. The highest BCUT2D eigenvalue weighted by Gasteiger charge is 2.25. The monoisotopic (exact) mass is 343 g/mol. The maximum Gasteiger partial charge on any atom is 0.228 e. The van der Waals surface area contributed by atoms with E-state index in [4.69, 9.17) is 5.73 Å². The Hall–Kier alpha value is -1.69. The van der Waals surface area contributed by atoms with Crippen molar-refractivity contribution in [2.75, 3.05) is 13.1 Å². The van der Waals surface area contributed by atoms with E-state index < -0.39 is 0 Å². The Balaban J connectivity index is 1.73. The number of carbonyl (C=O) groups is 1. The summed E-state index contributed by atoms with van der Waals surface area (Å²) in [5.74, 6) is 0.229. The normalized spacial score (nSPS) is 15.4. The average Bonchev–Trinajstić information content (AvgIpc) is 3.14. The fraction of sp³-hybridized carbons (Fsp3) is 0.421. The molecule has 128 valence electrons. The minimum absolute atomic E-state index is 0.229. The van der Waals surface area contributed by atoms with E-state index in [-0.39, 0.29) is 5.91 Å². The summed E-state index contributed by atoms with van der Waals surface area (Å²) in [5, 5.41) is 5.41. The Bertz CT molecular complexity index is 633. The Morgan fingerprint density at radius 2 is 1.88 bits per heavy atom. The summed E-state index contributed by atoms with van der Waals surface area (Å²) in [6, 6.07) is 12.7. The molecule has 1 saturated heterocycles. The quantitative estimate of drug-likeness (QED) is 0.847. The highest BCUT2D eigenvalue weighted by atomic mass is 32.1. The number of benzene rings is 1. The summed E-state index contributed by atoms with van der Waals surface area (Å²) in [6.45, 7) is 3.20. The van der Waals surface area contributed by atoms with Crippen LogP contribution in [0.2, 0.25) is 0 Å². The first-order valence-corrected chi connectivity index (χ1v) is 9.44. The summed E-state index contributed by atoms with van der Waals surface area (Å²) in [7, 11) is 0. The van der Waals surface area contributed by atoms with E-state index in [1.807, 2.05) is 17.5 Å². The van der Waals surface area contributed by atoms with Crippen molar-refractivity contribution in [1.29, 1.82) is 0 Å². The van der Waals surface area contributed by atoms with Crippen molar-refractivity contribution in [3.63, 3.8) is 0 Å². The van der Waals surface area contributed by atoms with Gasteiger partial charge in [-0.2, -0.15) is 0 Å². The molecule has 2 heterocycles. The molecule has 3 rings (SSSR count). The number of nitrogens with two attached hydrogens (primary N) is 1. The van der Waals surface area contributed by atoms with Crippen molar-refractivity contribution < 1.29 is 4.79 Å². The molecular weight excluding hydrogens is 318 g/mol. The predicted octanol–water partition coefficient (Wildman–Crippen LogP) is 2.53. The zero-order chi connectivity index (χ0) is 16.8. The standard InChI is InChI=1S/C19H25N3OS/c20-13-15-3-5-16(6-4-15)14-22(17-7-9-21-10-8-17)19(23)12-18-2-1-11-24-18/h1-6,11,17,21H,7-10,12-14,20H2. The Morgan fingerprint density at radius 1 is 1.17 bits per heavy atom. The predicted molar refractivity (Wildman–Crippen MR) is 98.8 cm³/mol. The molecule has 0 atom stereocenters. The van der Waals surface area contributed by atoms with Gasteiger partial charge in [-0.15, -0.1) is 11.3 Å². The molecule has 1 aliphatic heterocycles. The van der Waals surface area contributed by atoms with E-state index in [1.165, 1.54) is 5.56 Å². The summed E-state index contributed by atoms with van der Waals surface area (Å²) in [4.78, 5) is 16.1. The SMILES string of the molecule is NCc1ccc(CN(C(=O)Cc2cccs2)C2CCNCC2)cc1. The molecule has 0 spiro atoms. The second kappa shape index (κ2) is 8.42. The maximum atomic E-state index is 12.9. The number of hydrogen-bond acceptors (Lipinski definition) is 4. The van der Waals surface area contributed by atoms with Gasteiger partial charge >= 0.3 is 0 Å². The average molecular weight is 343 g/mol. The summed E-state index contributed by atoms with van der Waals surface area (Å²) in [5.41, 5.74) is 7.97. The number of nitrogens with one attached hydrogen (secondary N) is 1. The lowest BCUT2D eigenvalue weighted by Crippen LogP contribution is -2.46. The van der Waals surface area contributed by atoms with Gasteiger partial charge in [-0.3, -0.25) is 4.79 Å². The number of piperidine rings is 1. The van der Waals surface area contributed by atoms with Crippen LogP contribution in [0.3, 0.4) is 0 Å². The number of carbonyl (C=O) groups excluding carboxylic acids is 1. The second-order valence-electron chi connectivity index (χ2n) is 6.28. The van der Waals surface area contributed by atoms with Crippen LogP contribution in [0.25, 0.3) is 0 Å². The largest absolute Gasteiger partial charge is 0.335 e. The fourth-order valence-corrected chi connectivity index (χ4v) is 3.88. The van der Waals surface area contributed by atoms with E-state index >= 15 is 0 Å². The lowest BCUT2D eigenvalue weighted by atomic mass is 10.0. The second-order valence-corrected chi connectivity index (χ2v) is 7.31. The van der Waals surface area contributed by atoms with Gasteiger partial charge in [0.2, 0.25) is 5.91 Å². The molecule has 0 aliphatic carbocycles. The zero-order valence-corrected chi connectivity index (χ0v) is 14.7. The van der Waals surface area contributed by atoms with Gasteiger partial charge in [-0.1, -0.05) is 30.3 Å². The van der Waals surface area contributed by atoms with Gasteiger partial charge in [0.1, 0.15) is 0 Å². The van der Waals surface area contributed by atoms with E-state index in [0.29, 0.717) is 25.6 Å². The van der Waals surface area contributed by atoms with Crippen LogP contribution in [-0.2, 0) is 24.3 Å². The van der Waals surface area contributed by atoms with Crippen molar-refractivity contribution in [1.82, 2.24) is 10.2 Å². The fourth-order valence-electron chi connectivity index (χ4n) is 3.18. The van der Waals surface area contributed by atoms with Gasteiger partial charge in [-0.25, -0.2) is 0 Å². The molecule has 1 fully saturated rings. The molecule has 5 heteroatoms. The van der Waals surface area contributed by atoms with Crippen molar-refractivity contribution in [2.24, 2.45) is 5.73 Å². The van der Waals surface area contributed by atoms with Crippen LogP contribution in [-0.4, -0.2) is 29.9 Å². The zero-order valence-electron chi connectivity index (χ0n) is 13.9. The van der Waals surface area contributed by atoms with Crippen molar-refractivity contribution >= 4 is 17.2 Å². The summed E-state index contributed by atoms with van der Waals surface area (Å²) >= 11 is 1.65. The molecule has 1 amide bonds. The molecule has 4 nitrogen and oxygen atoms in total. The van der Waals surface area contributed by atoms with Crippen molar-refractivity contribution in [3.05, 3.63) is 57.8 Å². The summed E-state index contributed by atoms with van der Waals surface area (Å²) in [6.07, 6.45) is 2.55. The van der Waals surface area contributed by atoms with Gasteiger partial charge in [0.05, 0.1) is 6.42 Å². The Kier molecular flexibility index (Phi) is 6.01. The van der Waals surface area contributed by atoms with Crippen LogP contribution in [0.15, 0.2) is 41.8 Å². The Morgan fingerprint density at radius 3 is 2.50 bits per heavy atom. The number of rotatable bonds is 6. The van der Waals surface area contributed by atoms with E-state index in [9.17, 15) is 4.79 Å². The molecule has 3 N–H and O–H groups in total. The molecule has 1 aromatic heterocycles. The first-order chi connectivity index (χ1) is 11.8. The van der Waals surface area contributed by atoms with Crippen molar-refractivity contribution in [3.8, 4) is 0 Å². The third-order valence-corrected chi connectivity index (χ3v) is 5.46. The number of hydrogen-bond donors (Lipinski definition) is 2. The molecule has 1 aromatic carbocycles.